The van der Waals surface area contributed by atoms with Crippen LogP contribution in [0.5, 0.6) is 0 Å². The fraction of sp³-hybridized carbons (Fsp3) is 1.00. The molecular weight excluding hydrogens is 174 g/mol. The lowest BCUT2D eigenvalue weighted by atomic mass is 10.3. The van der Waals surface area contributed by atoms with Gasteiger partial charge in [-0.05, 0) is 20.8 Å². The zero-order valence-corrected chi connectivity index (χ0v) is 9.52. The Morgan fingerprint density at radius 1 is 1.00 bits per heavy atom. The molecule has 0 heterocycles. The average molecular weight is 196 g/mol. The first kappa shape index (κ1) is 14.7. The summed E-state index contributed by atoms with van der Waals surface area (Å²) in [4.78, 5) is 0. The van der Waals surface area contributed by atoms with Crippen molar-refractivity contribution in [2.75, 3.05) is 39.9 Å². The van der Waals surface area contributed by atoms with Gasteiger partial charge in [0.2, 0.25) is 0 Å². The Labute approximate surface area is 82.9 Å². The third kappa shape index (κ3) is 4.29. The van der Waals surface area contributed by atoms with Crippen molar-refractivity contribution >= 4 is 0 Å². The van der Waals surface area contributed by atoms with Gasteiger partial charge in [0.25, 0.3) is 0 Å². The van der Waals surface area contributed by atoms with E-state index < -0.39 is 0 Å². The number of likely N-dealkylation sites (N-methyl/N-ethyl adjacent to an activating group) is 1. The first-order valence-corrected chi connectivity index (χ1v) is 4.58. The summed E-state index contributed by atoms with van der Waals surface area (Å²) in [5.74, 6) is 0. The van der Waals surface area contributed by atoms with E-state index in [4.69, 9.17) is 4.74 Å². The molecular formula is C9H22ClNO. The molecule has 2 nitrogen and oxygen atoms in total. The normalized spacial score (nSPS) is 11.0. The second kappa shape index (κ2) is 7.84. The van der Waals surface area contributed by atoms with Gasteiger partial charge in [-0.1, -0.05) is 0 Å². The van der Waals surface area contributed by atoms with Crippen LogP contribution in [0.2, 0.25) is 0 Å². The lowest BCUT2D eigenvalue weighted by Gasteiger charge is -2.35. The van der Waals surface area contributed by atoms with Crippen LogP contribution in [0.4, 0.5) is 0 Å². The van der Waals surface area contributed by atoms with E-state index in [1.54, 1.807) is 7.11 Å². The topological polar surface area (TPSA) is 9.23 Å². The highest BCUT2D eigenvalue weighted by Crippen LogP contribution is 2.04. The summed E-state index contributed by atoms with van der Waals surface area (Å²) in [5.41, 5.74) is 0. The summed E-state index contributed by atoms with van der Waals surface area (Å²) in [7, 11) is 1.77. The van der Waals surface area contributed by atoms with E-state index in [0.717, 1.165) is 13.2 Å². The molecule has 0 rings (SSSR count). The monoisotopic (exact) mass is 195 g/mol. The predicted octanol–water partition coefficient (Wildman–Crippen LogP) is -1.49. The fourth-order valence-corrected chi connectivity index (χ4v) is 1.43. The highest BCUT2D eigenvalue weighted by molar-refractivity contribution is 4.36. The van der Waals surface area contributed by atoms with Crippen molar-refractivity contribution in [3.8, 4) is 0 Å². The van der Waals surface area contributed by atoms with Gasteiger partial charge in [0.15, 0.2) is 0 Å². The van der Waals surface area contributed by atoms with Crippen molar-refractivity contribution in [2.24, 2.45) is 0 Å². The van der Waals surface area contributed by atoms with Crippen molar-refractivity contribution in [1.29, 1.82) is 0 Å². The molecule has 0 atom stereocenters. The number of methoxy groups -OCH3 is 1. The SMILES string of the molecule is CC[N+](CC)(CC)CCOC.[Cl-]. The maximum atomic E-state index is 5.09. The summed E-state index contributed by atoms with van der Waals surface area (Å²) >= 11 is 0. The Morgan fingerprint density at radius 3 is 1.67 bits per heavy atom. The Hall–Kier alpha value is 0.210. The molecule has 0 spiro atoms. The number of rotatable bonds is 6. The number of halogens is 1. The van der Waals surface area contributed by atoms with Crippen LogP contribution in [-0.4, -0.2) is 44.4 Å². The van der Waals surface area contributed by atoms with E-state index >= 15 is 0 Å². The molecule has 0 radical (unpaired) electrons. The number of hydrogen-bond acceptors (Lipinski definition) is 1. The van der Waals surface area contributed by atoms with E-state index in [1.165, 1.54) is 24.1 Å². The summed E-state index contributed by atoms with van der Waals surface area (Å²) < 4.78 is 6.28. The Kier molecular flexibility index (Phi) is 9.61. The van der Waals surface area contributed by atoms with Gasteiger partial charge in [0.05, 0.1) is 26.2 Å². The number of quaternary nitrogens is 1. The molecule has 0 aliphatic rings. The van der Waals surface area contributed by atoms with Crippen LogP contribution in [-0.2, 0) is 4.74 Å². The molecule has 0 fully saturated rings. The van der Waals surface area contributed by atoms with Crippen molar-refractivity contribution in [3.63, 3.8) is 0 Å². The third-order valence-corrected chi connectivity index (χ3v) is 2.78. The fourth-order valence-electron chi connectivity index (χ4n) is 1.43. The van der Waals surface area contributed by atoms with Gasteiger partial charge in [-0.15, -0.1) is 0 Å². The van der Waals surface area contributed by atoms with Crippen LogP contribution in [0.3, 0.4) is 0 Å². The summed E-state index contributed by atoms with van der Waals surface area (Å²) in [6.07, 6.45) is 0. The van der Waals surface area contributed by atoms with E-state index in [-0.39, 0.29) is 12.4 Å². The molecule has 12 heavy (non-hydrogen) atoms. The largest absolute Gasteiger partial charge is 1.00 e. The summed E-state index contributed by atoms with van der Waals surface area (Å²) in [6, 6.07) is 0. The minimum absolute atomic E-state index is 0. The Balaban J connectivity index is 0. The van der Waals surface area contributed by atoms with Crippen molar-refractivity contribution in [2.45, 2.75) is 20.8 Å². The van der Waals surface area contributed by atoms with E-state index in [2.05, 4.69) is 20.8 Å². The first-order chi connectivity index (χ1) is 5.24. The van der Waals surface area contributed by atoms with Gasteiger partial charge in [-0.3, -0.25) is 0 Å². The van der Waals surface area contributed by atoms with Crippen molar-refractivity contribution < 1.29 is 21.6 Å². The van der Waals surface area contributed by atoms with Crippen molar-refractivity contribution in [1.82, 2.24) is 0 Å². The zero-order valence-electron chi connectivity index (χ0n) is 8.77. The van der Waals surface area contributed by atoms with Gasteiger partial charge in [0.1, 0.15) is 6.54 Å². The van der Waals surface area contributed by atoms with E-state index in [9.17, 15) is 0 Å². The minimum atomic E-state index is 0. The molecule has 0 aromatic carbocycles. The highest BCUT2D eigenvalue weighted by atomic mass is 35.5. The molecule has 0 unspecified atom stereocenters. The lowest BCUT2D eigenvalue weighted by Crippen LogP contribution is -3.00. The van der Waals surface area contributed by atoms with Gasteiger partial charge < -0.3 is 21.6 Å². The van der Waals surface area contributed by atoms with E-state index in [0.29, 0.717) is 0 Å². The molecule has 0 N–H and O–H groups in total. The second-order valence-electron chi connectivity index (χ2n) is 3.01. The van der Waals surface area contributed by atoms with Crippen LogP contribution < -0.4 is 12.4 Å². The molecule has 0 saturated carbocycles. The molecule has 0 saturated heterocycles. The van der Waals surface area contributed by atoms with Crippen molar-refractivity contribution in [3.05, 3.63) is 0 Å². The number of nitrogens with zero attached hydrogens (tertiary/aromatic N) is 1. The van der Waals surface area contributed by atoms with Gasteiger partial charge in [-0.25, -0.2) is 0 Å². The summed E-state index contributed by atoms with van der Waals surface area (Å²) in [5, 5.41) is 0. The molecule has 0 amide bonds. The predicted molar refractivity (Wildman–Crippen MR) is 48.6 cm³/mol. The molecule has 0 aliphatic carbocycles. The van der Waals surface area contributed by atoms with Crippen LogP contribution in [0, 0.1) is 0 Å². The first-order valence-electron chi connectivity index (χ1n) is 4.58. The Bertz CT molecular complexity index is 86.3. The molecule has 0 bridgehead atoms. The zero-order chi connectivity index (χ0) is 8.74. The maximum absolute atomic E-state index is 5.09. The second-order valence-corrected chi connectivity index (χ2v) is 3.01. The van der Waals surface area contributed by atoms with Crippen LogP contribution in [0.25, 0.3) is 0 Å². The standard InChI is InChI=1S/C9H22NO.ClH/c1-5-10(6-2,7-3)8-9-11-4;/h5-9H2,1-4H3;1H/q+1;/p-1. The van der Waals surface area contributed by atoms with Gasteiger partial charge in [-0.2, -0.15) is 0 Å². The summed E-state index contributed by atoms with van der Waals surface area (Å²) in [6.45, 7) is 12.5. The quantitative estimate of drug-likeness (QED) is 0.470. The maximum Gasteiger partial charge on any atom is 0.102 e. The van der Waals surface area contributed by atoms with Gasteiger partial charge in [0, 0.05) is 7.11 Å². The third-order valence-electron chi connectivity index (χ3n) is 2.78. The Morgan fingerprint density at radius 2 is 1.42 bits per heavy atom. The van der Waals surface area contributed by atoms with E-state index in [1.807, 2.05) is 0 Å². The van der Waals surface area contributed by atoms with Crippen LogP contribution in [0.15, 0.2) is 0 Å². The molecule has 0 aromatic rings. The number of ether oxygens (including phenoxy) is 1. The molecule has 76 valence electrons. The molecule has 3 heteroatoms. The minimum Gasteiger partial charge on any atom is -1.00 e. The highest BCUT2D eigenvalue weighted by Gasteiger charge is 2.19. The lowest BCUT2D eigenvalue weighted by molar-refractivity contribution is -0.923. The van der Waals surface area contributed by atoms with Crippen LogP contribution >= 0.6 is 0 Å². The smallest absolute Gasteiger partial charge is 0.102 e. The van der Waals surface area contributed by atoms with Gasteiger partial charge >= 0.3 is 0 Å². The molecule has 0 aromatic heterocycles. The van der Waals surface area contributed by atoms with Crippen LogP contribution in [0.1, 0.15) is 20.8 Å². The number of hydrogen-bond donors (Lipinski definition) is 0. The molecule has 0 aliphatic heterocycles. The average Bonchev–Trinajstić information content (AvgIpc) is 2.08.